The minimum atomic E-state index is 0.403. The molecular weight excluding hydrogens is 390 g/mol. The number of hydrogen-bond acceptors (Lipinski definition) is 5. The number of aliphatic imine (C=N–C) groups is 1. The van der Waals surface area contributed by atoms with Crippen molar-refractivity contribution in [3.05, 3.63) is 70.9 Å². The fourth-order valence-corrected chi connectivity index (χ4v) is 5.16. The van der Waals surface area contributed by atoms with E-state index in [-0.39, 0.29) is 0 Å². The molecule has 6 heteroatoms. The third-order valence-corrected chi connectivity index (χ3v) is 6.99. The summed E-state index contributed by atoms with van der Waals surface area (Å²) in [5, 5.41) is 8.35. The molecule has 5 rings (SSSR count). The zero-order chi connectivity index (χ0) is 20.5. The lowest BCUT2D eigenvalue weighted by atomic mass is 10.0. The summed E-state index contributed by atoms with van der Waals surface area (Å²) in [6.45, 7) is 7.44. The standard InChI is InChI=1S/C24H27N5S/c1-16(2)23-28-21-22(26-19-10-6-7-11-20(19)27-24(21)30-23)29-13-12-25-18(15-29)14-17-8-4-3-5-9-17/h3-11,16,18,25,27H,12-15H2,1-2H3/p+1. The Morgan fingerprint density at radius 1 is 1.13 bits per heavy atom. The number of nitrogens with two attached hydrogens (primary N) is 1. The molecule has 1 unspecified atom stereocenters. The normalized spacial score (nSPS) is 18.3. The molecule has 2 aliphatic rings. The van der Waals surface area contributed by atoms with Crippen LogP contribution in [0.25, 0.3) is 0 Å². The summed E-state index contributed by atoms with van der Waals surface area (Å²) < 4.78 is 0. The van der Waals surface area contributed by atoms with Crippen LogP contribution in [0, 0.1) is 0 Å². The zero-order valence-electron chi connectivity index (χ0n) is 17.5. The lowest BCUT2D eigenvalue weighted by Crippen LogP contribution is -2.95. The Bertz CT molecular complexity index is 1060. The van der Waals surface area contributed by atoms with Gasteiger partial charge in [0.25, 0.3) is 0 Å². The quantitative estimate of drug-likeness (QED) is 0.678. The third kappa shape index (κ3) is 3.85. The highest BCUT2D eigenvalue weighted by atomic mass is 32.1. The topological polar surface area (TPSA) is 57.1 Å². The fraction of sp³-hybridized carbons (Fsp3) is 0.333. The van der Waals surface area contributed by atoms with Crippen LogP contribution in [0.5, 0.6) is 0 Å². The van der Waals surface area contributed by atoms with Gasteiger partial charge < -0.3 is 15.5 Å². The molecule has 1 aromatic heterocycles. The van der Waals surface area contributed by atoms with Gasteiger partial charge in [-0.25, -0.2) is 9.98 Å². The summed E-state index contributed by atoms with van der Waals surface area (Å²) >= 11 is 1.75. The number of para-hydroxylation sites is 2. The number of thiazole rings is 1. The van der Waals surface area contributed by atoms with E-state index in [2.05, 4.69) is 84.0 Å². The Kier molecular flexibility index (Phi) is 5.27. The van der Waals surface area contributed by atoms with Crippen molar-refractivity contribution in [2.45, 2.75) is 32.2 Å². The SMILES string of the molecule is CC(C)c1nc2c(s1)Nc1ccccc1N=C2N1CC[NH2+]C(Cc2ccccc2)C1. The Morgan fingerprint density at radius 2 is 1.93 bits per heavy atom. The first-order chi connectivity index (χ1) is 14.7. The Balaban J connectivity index is 1.49. The molecule has 0 bridgehead atoms. The number of quaternary nitrogens is 1. The third-order valence-electron chi connectivity index (χ3n) is 5.72. The number of nitrogens with zero attached hydrogens (tertiary/aromatic N) is 3. The van der Waals surface area contributed by atoms with E-state index in [1.807, 2.05) is 0 Å². The lowest BCUT2D eigenvalue weighted by molar-refractivity contribution is -0.696. The van der Waals surface area contributed by atoms with E-state index in [1.54, 1.807) is 11.3 Å². The summed E-state index contributed by atoms with van der Waals surface area (Å²) in [6, 6.07) is 19.6. The van der Waals surface area contributed by atoms with E-state index in [1.165, 1.54) is 5.56 Å². The van der Waals surface area contributed by atoms with Gasteiger partial charge in [0.1, 0.15) is 16.7 Å². The van der Waals surface area contributed by atoms with Crippen molar-refractivity contribution in [3.8, 4) is 0 Å². The molecule has 154 valence electrons. The molecule has 0 aliphatic carbocycles. The first-order valence-electron chi connectivity index (χ1n) is 10.8. The van der Waals surface area contributed by atoms with Crippen molar-refractivity contribution < 1.29 is 5.32 Å². The molecule has 0 radical (unpaired) electrons. The van der Waals surface area contributed by atoms with Crippen molar-refractivity contribution in [1.82, 2.24) is 9.88 Å². The number of piperazine rings is 1. The van der Waals surface area contributed by atoms with Crippen molar-refractivity contribution in [3.63, 3.8) is 0 Å². The van der Waals surface area contributed by atoms with E-state index in [4.69, 9.17) is 9.98 Å². The van der Waals surface area contributed by atoms with Crippen molar-refractivity contribution in [2.24, 2.45) is 4.99 Å². The molecule has 1 saturated heterocycles. The van der Waals surface area contributed by atoms with Crippen LogP contribution in [0.2, 0.25) is 0 Å². The average Bonchev–Trinajstić information content (AvgIpc) is 3.11. The second kappa shape index (κ2) is 8.20. The van der Waals surface area contributed by atoms with Crippen LogP contribution >= 0.6 is 11.3 Å². The number of hydrogen-bond donors (Lipinski definition) is 2. The molecule has 2 aromatic carbocycles. The highest BCUT2D eigenvalue weighted by Crippen LogP contribution is 2.39. The Labute approximate surface area is 181 Å². The van der Waals surface area contributed by atoms with Gasteiger partial charge in [-0.3, -0.25) is 0 Å². The first kappa shape index (κ1) is 19.3. The summed E-state index contributed by atoms with van der Waals surface area (Å²) in [7, 11) is 0. The summed E-state index contributed by atoms with van der Waals surface area (Å²) in [5.74, 6) is 1.41. The largest absolute Gasteiger partial charge is 0.344 e. The van der Waals surface area contributed by atoms with Gasteiger partial charge in [0, 0.05) is 12.3 Å². The van der Waals surface area contributed by atoms with Crippen LogP contribution in [-0.4, -0.2) is 41.4 Å². The van der Waals surface area contributed by atoms with E-state index in [0.29, 0.717) is 12.0 Å². The molecule has 0 spiro atoms. The maximum absolute atomic E-state index is 5.13. The Morgan fingerprint density at radius 3 is 2.77 bits per heavy atom. The number of benzene rings is 2. The highest BCUT2D eigenvalue weighted by Gasteiger charge is 2.31. The van der Waals surface area contributed by atoms with Crippen molar-refractivity contribution in [1.29, 1.82) is 0 Å². The van der Waals surface area contributed by atoms with Crippen molar-refractivity contribution >= 4 is 33.5 Å². The number of anilines is 2. The van der Waals surface area contributed by atoms with Gasteiger partial charge in [-0.1, -0.05) is 56.3 Å². The van der Waals surface area contributed by atoms with Crippen LogP contribution < -0.4 is 10.6 Å². The molecule has 3 N–H and O–H groups in total. The highest BCUT2D eigenvalue weighted by molar-refractivity contribution is 7.16. The van der Waals surface area contributed by atoms with Gasteiger partial charge in [-0.15, -0.1) is 11.3 Å². The average molecular weight is 419 g/mol. The first-order valence-corrected chi connectivity index (χ1v) is 11.6. The van der Waals surface area contributed by atoms with Gasteiger partial charge in [0.15, 0.2) is 5.84 Å². The molecular formula is C24H28N5S+. The van der Waals surface area contributed by atoms with Crippen LogP contribution in [0.15, 0.2) is 59.6 Å². The Hall–Kier alpha value is -2.70. The predicted octanol–water partition coefficient (Wildman–Crippen LogP) is 3.89. The second-order valence-corrected chi connectivity index (χ2v) is 9.41. The van der Waals surface area contributed by atoms with Gasteiger partial charge in [0.2, 0.25) is 0 Å². The molecule has 30 heavy (non-hydrogen) atoms. The second-order valence-electron chi connectivity index (χ2n) is 8.38. The van der Waals surface area contributed by atoms with Crippen LogP contribution in [0.3, 0.4) is 0 Å². The molecule has 0 amide bonds. The number of aromatic nitrogens is 1. The fourth-order valence-electron chi connectivity index (χ4n) is 4.18. The van der Waals surface area contributed by atoms with E-state index < -0.39 is 0 Å². The summed E-state index contributed by atoms with van der Waals surface area (Å²) in [5.41, 5.74) is 4.43. The molecule has 5 nitrogen and oxygen atoms in total. The number of nitrogens with one attached hydrogen (secondary N) is 1. The van der Waals surface area contributed by atoms with E-state index in [0.717, 1.165) is 59.0 Å². The molecule has 1 atom stereocenters. The van der Waals surface area contributed by atoms with Gasteiger partial charge in [-0.05, 0) is 17.7 Å². The van der Waals surface area contributed by atoms with Crippen LogP contribution in [0.4, 0.5) is 16.4 Å². The van der Waals surface area contributed by atoms with Crippen molar-refractivity contribution in [2.75, 3.05) is 25.0 Å². The number of amidine groups is 1. The van der Waals surface area contributed by atoms with Crippen LogP contribution in [-0.2, 0) is 6.42 Å². The predicted molar refractivity (Wildman–Crippen MR) is 124 cm³/mol. The van der Waals surface area contributed by atoms with Gasteiger partial charge in [0.05, 0.1) is 36.0 Å². The maximum atomic E-state index is 5.13. The molecule has 2 aliphatic heterocycles. The van der Waals surface area contributed by atoms with E-state index >= 15 is 0 Å². The molecule has 0 saturated carbocycles. The maximum Gasteiger partial charge on any atom is 0.158 e. The summed E-state index contributed by atoms with van der Waals surface area (Å²) in [6.07, 6.45) is 1.07. The summed E-state index contributed by atoms with van der Waals surface area (Å²) in [4.78, 5) is 12.6. The smallest absolute Gasteiger partial charge is 0.158 e. The molecule has 3 heterocycles. The number of fused-ring (bicyclic) bond motifs is 2. The monoisotopic (exact) mass is 418 g/mol. The van der Waals surface area contributed by atoms with Crippen LogP contribution in [0.1, 0.15) is 36.0 Å². The molecule has 3 aromatic rings. The van der Waals surface area contributed by atoms with Gasteiger partial charge >= 0.3 is 0 Å². The minimum Gasteiger partial charge on any atom is -0.344 e. The lowest BCUT2D eigenvalue weighted by Gasteiger charge is -2.33. The molecule has 1 fully saturated rings. The zero-order valence-corrected chi connectivity index (χ0v) is 18.3. The minimum absolute atomic E-state index is 0.403. The van der Waals surface area contributed by atoms with Gasteiger partial charge in [-0.2, -0.15) is 0 Å². The van der Waals surface area contributed by atoms with E-state index in [9.17, 15) is 0 Å². The number of rotatable bonds is 3.